The summed E-state index contributed by atoms with van der Waals surface area (Å²) in [5.74, 6) is -1.05. The maximum Gasteiger partial charge on any atom is 0.414 e. The third-order valence-electron chi connectivity index (χ3n) is 5.85. The Kier molecular flexibility index (Phi) is 6.31. The predicted molar refractivity (Wildman–Crippen MR) is 116 cm³/mol. The Morgan fingerprint density at radius 3 is 2.53 bits per heavy atom. The van der Waals surface area contributed by atoms with Crippen LogP contribution in [0.3, 0.4) is 0 Å². The molecule has 0 bridgehead atoms. The van der Waals surface area contributed by atoms with Crippen LogP contribution >= 0.6 is 0 Å². The van der Waals surface area contributed by atoms with Gasteiger partial charge in [0.1, 0.15) is 18.8 Å². The minimum absolute atomic E-state index is 0.156. The van der Waals surface area contributed by atoms with E-state index in [1.165, 1.54) is 12.1 Å². The second kappa shape index (κ2) is 9.20. The van der Waals surface area contributed by atoms with Crippen LogP contribution in [0.2, 0.25) is 0 Å². The Hall–Kier alpha value is -3.83. The second-order valence-electron chi connectivity index (χ2n) is 8.03. The van der Waals surface area contributed by atoms with Gasteiger partial charge in [0.2, 0.25) is 0 Å². The molecule has 9 nitrogen and oxygen atoms in total. The van der Waals surface area contributed by atoms with Crippen molar-refractivity contribution in [2.75, 3.05) is 29.4 Å². The zero-order valence-electron chi connectivity index (χ0n) is 17.9. The lowest BCUT2D eigenvalue weighted by atomic mass is 9.99. The van der Waals surface area contributed by atoms with E-state index in [4.69, 9.17) is 4.74 Å². The third kappa shape index (κ3) is 4.90. The number of cyclic esters (lactones) is 1. The largest absolute Gasteiger partial charge is 0.444 e. The lowest BCUT2D eigenvalue weighted by molar-refractivity contribution is -0.384. The summed E-state index contributed by atoms with van der Waals surface area (Å²) in [7, 11) is 0. The standard InChI is InChI=1S/C22H21F3N4O5/c23-22(24,25)13-26-20(30)14-5-6-18(19(11-14)29(32)33)27-9-7-16(8-10-27)28-17-4-2-1-3-15(17)12-34-21(28)31/h1-6,11,16H,7-10,12-13H2,(H,26,30). The molecular weight excluding hydrogens is 457 g/mol. The fraction of sp³-hybridized carbons (Fsp3) is 0.364. The van der Waals surface area contributed by atoms with Crippen LogP contribution in [0.5, 0.6) is 0 Å². The number of ether oxygens (including phenoxy) is 1. The van der Waals surface area contributed by atoms with Gasteiger partial charge in [-0.05, 0) is 31.0 Å². The van der Waals surface area contributed by atoms with Crippen LogP contribution in [0.25, 0.3) is 0 Å². The van der Waals surface area contributed by atoms with Crippen LogP contribution < -0.4 is 15.1 Å². The normalized spacial score (nSPS) is 16.6. The molecule has 2 aromatic rings. The number of hydrogen-bond donors (Lipinski definition) is 1. The summed E-state index contributed by atoms with van der Waals surface area (Å²) in [4.78, 5) is 38.8. The fourth-order valence-electron chi connectivity index (χ4n) is 4.25. The van der Waals surface area contributed by atoms with E-state index in [-0.39, 0.29) is 29.6 Å². The maximum atomic E-state index is 12.5. The van der Waals surface area contributed by atoms with Crippen molar-refractivity contribution in [3.05, 3.63) is 63.7 Å². The molecule has 2 aliphatic heterocycles. The van der Waals surface area contributed by atoms with Crippen LogP contribution in [0.4, 0.5) is 35.0 Å². The average Bonchev–Trinajstić information content (AvgIpc) is 2.82. The van der Waals surface area contributed by atoms with Crippen LogP contribution in [-0.4, -0.2) is 48.8 Å². The molecule has 12 heteroatoms. The molecule has 2 amide bonds. The number of halogens is 3. The predicted octanol–water partition coefficient (Wildman–Crippen LogP) is 4.01. The number of nitrogens with one attached hydrogen (secondary N) is 1. The topological polar surface area (TPSA) is 105 Å². The van der Waals surface area contributed by atoms with Gasteiger partial charge in [0.05, 0.1) is 10.6 Å². The van der Waals surface area contributed by atoms with Gasteiger partial charge in [0, 0.05) is 36.3 Å². The molecule has 0 aliphatic carbocycles. The second-order valence-corrected chi connectivity index (χ2v) is 8.03. The smallest absolute Gasteiger partial charge is 0.414 e. The molecule has 4 rings (SSSR count). The van der Waals surface area contributed by atoms with E-state index in [1.807, 2.05) is 24.3 Å². The first-order chi connectivity index (χ1) is 16.1. The van der Waals surface area contributed by atoms with Gasteiger partial charge >= 0.3 is 12.3 Å². The summed E-state index contributed by atoms with van der Waals surface area (Å²) in [6.45, 7) is -0.523. The third-order valence-corrected chi connectivity index (χ3v) is 5.85. The van der Waals surface area contributed by atoms with Gasteiger partial charge in [0.15, 0.2) is 0 Å². The Balaban J connectivity index is 1.48. The Morgan fingerprint density at radius 2 is 1.85 bits per heavy atom. The Labute approximate surface area is 192 Å². The maximum absolute atomic E-state index is 12.5. The highest BCUT2D eigenvalue weighted by Crippen LogP contribution is 2.35. The lowest BCUT2D eigenvalue weighted by Gasteiger charge is -2.40. The number of piperidine rings is 1. The van der Waals surface area contributed by atoms with Crippen molar-refractivity contribution in [3.8, 4) is 0 Å². The molecular formula is C22H21F3N4O5. The molecule has 180 valence electrons. The summed E-state index contributed by atoms with van der Waals surface area (Å²) in [6, 6.07) is 10.9. The van der Waals surface area contributed by atoms with Gasteiger partial charge in [-0.2, -0.15) is 13.2 Å². The van der Waals surface area contributed by atoms with E-state index in [1.54, 1.807) is 15.1 Å². The molecule has 2 aliphatic rings. The van der Waals surface area contributed by atoms with Gasteiger partial charge in [0.25, 0.3) is 11.6 Å². The van der Waals surface area contributed by atoms with E-state index in [0.29, 0.717) is 25.9 Å². The molecule has 1 saturated heterocycles. The van der Waals surface area contributed by atoms with Crippen molar-refractivity contribution in [2.24, 2.45) is 0 Å². The molecule has 34 heavy (non-hydrogen) atoms. The van der Waals surface area contributed by atoms with Crippen molar-refractivity contribution in [1.82, 2.24) is 5.32 Å². The lowest BCUT2D eigenvalue weighted by Crippen LogP contribution is -2.49. The van der Waals surface area contributed by atoms with Crippen LogP contribution in [0, 0.1) is 10.1 Å². The molecule has 0 saturated carbocycles. The SMILES string of the molecule is O=C(NCC(F)(F)F)c1ccc(N2CCC(N3C(=O)OCc4ccccc43)CC2)c([N+](=O)[O-])c1. The van der Waals surface area contributed by atoms with Crippen molar-refractivity contribution < 1.29 is 32.4 Å². The molecule has 0 aromatic heterocycles. The summed E-state index contributed by atoms with van der Waals surface area (Å²) in [5, 5.41) is 13.4. The number of para-hydroxylation sites is 1. The molecule has 2 aromatic carbocycles. The number of anilines is 2. The molecule has 1 fully saturated rings. The van der Waals surface area contributed by atoms with Crippen molar-refractivity contribution in [2.45, 2.75) is 31.7 Å². The molecule has 0 spiro atoms. The number of nitrogens with zero attached hydrogens (tertiary/aromatic N) is 3. The number of carbonyl (C=O) groups is 2. The number of nitro benzene ring substituents is 1. The molecule has 0 radical (unpaired) electrons. The first-order valence-corrected chi connectivity index (χ1v) is 10.6. The number of benzene rings is 2. The van der Waals surface area contributed by atoms with Gasteiger partial charge in [-0.3, -0.25) is 19.8 Å². The highest BCUT2D eigenvalue weighted by Gasteiger charge is 2.35. The van der Waals surface area contributed by atoms with Gasteiger partial charge in [-0.25, -0.2) is 4.79 Å². The molecule has 2 heterocycles. The first-order valence-electron chi connectivity index (χ1n) is 10.6. The first kappa shape index (κ1) is 23.3. The summed E-state index contributed by atoms with van der Waals surface area (Å²) in [5.41, 5.74) is 1.34. The van der Waals surface area contributed by atoms with Gasteiger partial charge in [-0.15, -0.1) is 0 Å². The van der Waals surface area contributed by atoms with Crippen LogP contribution in [0.1, 0.15) is 28.8 Å². The quantitative estimate of drug-likeness (QED) is 0.514. The number of amides is 2. The van der Waals surface area contributed by atoms with E-state index < -0.39 is 29.6 Å². The highest BCUT2D eigenvalue weighted by molar-refractivity contribution is 5.96. The minimum Gasteiger partial charge on any atom is -0.444 e. The summed E-state index contributed by atoms with van der Waals surface area (Å²) < 4.78 is 42.4. The molecule has 1 N–H and O–H groups in total. The van der Waals surface area contributed by atoms with E-state index >= 15 is 0 Å². The minimum atomic E-state index is -4.59. The number of rotatable bonds is 5. The van der Waals surface area contributed by atoms with E-state index in [9.17, 15) is 32.9 Å². The van der Waals surface area contributed by atoms with Gasteiger partial charge in [-0.1, -0.05) is 18.2 Å². The number of nitro groups is 1. The number of hydrogen-bond acceptors (Lipinski definition) is 6. The van der Waals surface area contributed by atoms with Crippen molar-refractivity contribution in [1.29, 1.82) is 0 Å². The summed E-state index contributed by atoms with van der Waals surface area (Å²) >= 11 is 0. The number of fused-ring (bicyclic) bond motifs is 1. The van der Waals surface area contributed by atoms with Crippen molar-refractivity contribution >= 4 is 29.1 Å². The van der Waals surface area contributed by atoms with Gasteiger partial charge < -0.3 is 15.0 Å². The molecule has 0 atom stereocenters. The summed E-state index contributed by atoms with van der Waals surface area (Å²) in [6.07, 6.45) is -3.98. The number of carbonyl (C=O) groups excluding carboxylic acids is 2. The van der Waals surface area contributed by atoms with Crippen LogP contribution in [-0.2, 0) is 11.3 Å². The number of alkyl halides is 3. The zero-order valence-corrected chi connectivity index (χ0v) is 17.9. The Morgan fingerprint density at radius 1 is 1.15 bits per heavy atom. The highest BCUT2D eigenvalue weighted by atomic mass is 19.4. The van der Waals surface area contributed by atoms with Crippen LogP contribution in [0.15, 0.2) is 42.5 Å². The molecule has 0 unspecified atom stereocenters. The zero-order chi connectivity index (χ0) is 24.5. The average molecular weight is 478 g/mol. The van der Waals surface area contributed by atoms with E-state index in [0.717, 1.165) is 17.3 Å². The monoisotopic (exact) mass is 478 g/mol. The van der Waals surface area contributed by atoms with Crippen molar-refractivity contribution in [3.63, 3.8) is 0 Å². The van der Waals surface area contributed by atoms with E-state index in [2.05, 4.69) is 0 Å². The fourth-order valence-corrected chi connectivity index (χ4v) is 4.25. The Bertz CT molecular complexity index is 1120.